The molecule has 0 bridgehead atoms. The van der Waals surface area contributed by atoms with Crippen molar-refractivity contribution in [3.8, 4) is 0 Å². The molecule has 114 valence electrons. The lowest BCUT2D eigenvalue weighted by atomic mass is 9.82. The molecule has 0 amide bonds. The number of nitrogens with zero attached hydrogens (tertiary/aromatic N) is 1. The molecule has 2 aliphatic rings. The number of aromatic carboxylic acids is 1. The number of fused-ring (bicyclic) bond motifs is 1. The van der Waals surface area contributed by atoms with Crippen LogP contribution in [0.5, 0.6) is 0 Å². The lowest BCUT2D eigenvalue weighted by molar-refractivity contribution is 0.0694. The van der Waals surface area contributed by atoms with Crippen LogP contribution in [0.3, 0.4) is 0 Å². The van der Waals surface area contributed by atoms with Gasteiger partial charge in [-0.1, -0.05) is 31.9 Å². The van der Waals surface area contributed by atoms with Crippen molar-refractivity contribution in [1.82, 2.24) is 4.90 Å². The zero-order chi connectivity index (χ0) is 14.8. The Morgan fingerprint density at radius 1 is 1.29 bits per heavy atom. The Morgan fingerprint density at radius 2 is 2.05 bits per heavy atom. The van der Waals surface area contributed by atoms with E-state index in [1.165, 1.54) is 37.8 Å². The highest BCUT2D eigenvalue weighted by Gasteiger charge is 2.25. The summed E-state index contributed by atoms with van der Waals surface area (Å²) in [6.45, 7) is 5.47. The Hall–Kier alpha value is -1.35. The molecule has 1 N–H and O–H groups in total. The third-order valence-corrected chi connectivity index (χ3v) is 5.23. The van der Waals surface area contributed by atoms with Gasteiger partial charge in [-0.3, -0.25) is 4.90 Å². The van der Waals surface area contributed by atoms with Crippen molar-refractivity contribution in [2.45, 2.75) is 45.6 Å². The van der Waals surface area contributed by atoms with Gasteiger partial charge in [-0.05, 0) is 48.3 Å². The Bertz CT molecular complexity index is 518. The van der Waals surface area contributed by atoms with Gasteiger partial charge in [-0.25, -0.2) is 4.79 Å². The highest BCUT2D eigenvalue weighted by molar-refractivity contribution is 5.89. The minimum absolute atomic E-state index is 0.499. The summed E-state index contributed by atoms with van der Waals surface area (Å²) in [7, 11) is 0. The van der Waals surface area contributed by atoms with Crippen LogP contribution < -0.4 is 0 Å². The van der Waals surface area contributed by atoms with E-state index in [0.717, 1.165) is 36.9 Å². The van der Waals surface area contributed by atoms with Crippen LogP contribution in [0.25, 0.3) is 0 Å². The van der Waals surface area contributed by atoms with E-state index < -0.39 is 5.97 Å². The van der Waals surface area contributed by atoms with Crippen LogP contribution in [0.2, 0.25) is 0 Å². The number of rotatable bonds is 3. The molecular formula is C18H25NO2. The Morgan fingerprint density at radius 3 is 2.76 bits per heavy atom. The average molecular weight is 287 g/mol. The van der Waals surface area contributed by atoms with Crippen LogP contribution >= 0.6 is 0 Å². The molecule has 0 spiro atoms. The van der Waals surface area contributed by atoms with E-state index >= 15 is 0 Å². The Labute approximate surface area is 127 Å². The molecule has 0 unspecified atom stereocenters. The van der Waals surface area contributed by atoms with Crippen molar-refractivity contribution < 1.29 is 9.90 Å². The minimum atomic E-state index is -0.790. The topological polar surface area (TPSA) is 40.5 Å². The van der Waals surface area contributed by atoms with Gasteiger partial charge in [0.2, 0.25) is 0 Å². The molecule has 0 aromatic heterocycles. The normalized spacial score (nSPS) is 26.3. The first kappa shape index (κ1) is 14.6. The van der Waals surface area contributed by atoms with E-state index in [1.807, 2.05) is 6.07 Å². The van der Waals surface area contributed by atoms with E-state index in [2.05, 4.69) is 17.9 Å². The van der Waals surface area contributed by atoms with Gasteiger partial charge in [0.1, 0.15) is 0 Å². The molecule has 1 aliphatic carbocycles. The SMILES string of the molecule is CC1CCC(CN2CCc3c(cccc3C(=O)O)C2)CC1. The fraction of sp³-hybridized carbons (Fsp3) is 0.611. The molecule has 0 saturated heterocycles. The van der Waals surface area contributed by atoms with Gasteiger partial charge in [-0.15, -0.1) is 0 Å². The first-order chi connectivity index (χ1) is 10.1. The first-order valence-electron chi connectivity index (χ1n) is 8.20. The molecule has 1 saturated carbocycles. The Balaban J connectivity index is 1.65. The molecule has 1 fully saturated rings. The van der Waals surface area contributed by atoms with Crippen LogP contribution in [-0.4, -0.2) is 29.1 Å². The predicted octanol–water partition coefficient (Wildman–Crippen LogP) is 3.57. The zero-order valence-electron chi connectivity index (χ0n) is 12.8. The number of hydrogen-bond donors (Lipinski definition) is 1. The molecule has 3 nitrogen and oxygen atoms in total. The molecular weight excluding hydrogens is 262 g/mol. The molecule has 0 radical (unpaired) electrons. The first-order valence-corrected chi connectivity index (χ1v) is 8.20. The molecule has 1 aromatic carbocycles. The quantitative estimate of drug-likeness (QED) is 0.924. The van der Waals surface area contributed by atoms with Gasteiger partial charge in [0.05, 0.1) is 5.56 Å². The summed E-state index contributed by atoms with van der Waals surface area (Å²) in [5.74, 6) is 0.952. The fourth-order valence-corrected chi connectivity index (χ4v) is 3.90. The molecule has 3 rings (SSSR count). The summed E-state index contributed by atoms with van der Waals surface area (Å²) in [6.07, 6.45) is 6.34. The van der Waals surface area contributed by atoms with Gasteiger partial charge < -0.3 is 5.11 Å². The summed E-state index contributed by atoms with van der Waals surface area (Å²) in [6, 6.07) is 5.71. The maximum absolute atomic E-state index is 11.3. The largest absolute Gasteiger partial charge is 0.478 e. The molecule has 1 heterocycles. The maximum atomic E-state index is 11.3. The van der Waals surface area contributed by atoms with Crippen LogP contribution in [0, 0.1) is 11.8 Å². The monoisotopic (exact) mass is 287 g/mol. The number of carboxylic acid groups (broad SMARTS) is 1. The predicted molar refractivity (Wildman–Crippen MR) is 83.5 cm³/mol. The van der Waals surface area contributed by atoms with Gasteiger partial charge in [0.15, 0.2) is 0 Å². The summed E-state index contributed by atoms with van der Waals surface area (Å²) >= 11 is 0. The second-order valence-electron chi connectivity index (χ2n) is 6.86. The number of carboxylic acids is 1. The zero-order valence-corrected chi connectivity index (χ0v) is 12.8. The standard InChI is InChI=1S/C18H25NO2/c1-13-5-7-14(8-6-13)11-19-10-9-16-15(12-19)3-2-4-17(16)18(20)21/h2-4,13-14H,5-12H2,1H3,(H,20,21). The third kappa shape index (κ3) is 3.29. The lowest BCUT2D eigenvalue weighted by Gasteiger charge is -2.34. The molecule has 1 aromatic rings. The van der Waals surface area contributed by atoms with E-state index in [1.54, 1.807) is 6.07 Å². The van der Waals surface area contributed by atoms with Gasteiger partial charge >= 0.3 is 5.97 Å². The smallest absolute Gasteiger partial charge is 0.335 e. The van der Waals surface area contributed by atoms with Gasteiger partial charge in [0, 0.05) is 19.6 Å². The van der Waals surface area contributed by atoms with Gasteiger partial charge in [0.25, 0.3) is 0 Å². The second kappa shape index (κ2) is 6.18. The second-order valence-corrected chi connectivity index (χ2v) is 6.86. The summed E-state index contributed by atoms with van der Waals surface area (Å²) < 4.78 is 0. The van der Waals surface area contributed by atoms with E-state index in [9.17, 15) is 9.90 Å². The summed E-state index contributed by atoms with van der Waals surface area (Å²) in [5.41, 5.74) is 2.77. The van der Waals surface area contributed by atoms with E-state index in [4.69, 9.17) is 0 Å². The highest BCUT2D eigenvalue weighted by Crippen LogP contribution is 2.30. The molecule has 3 heteroatoms. The third-order valence-electron chi connectivity index (χ3n) is 5.23. The highest BCUT2D eigenvalue weighted by atomic mass is 16.4. The van der Waals surface area contributed by atoms with Crippen molar-refractivity contribution in [3.63, 3.8) is 0 Å². The van der Waals surface area contributed by atoms with Gasteiger partial charge in [-0.2, -0.15) is 0 Å². The van der Waals surface area contributed by atoms with Crippen molar-refractivity contribution >= 4 is 5.97 Å². The van der Waals surface area contributed by atoms with E-state index in [0.29, 0.717) is 5.56 Å². The van der Waals surface area contributed by atoms with Crippen LogP contribution in [0.4, 0.5) is 0 Å². The molecule has 21 heavy (non-hydrogen) atoms. The van der Waals surface area contributed by atoms with Crippen LogP contribution in [0.15, 0.2) is 18.2 Å². The fourth-order valence-electron chi connectivity index (χ4n) is 3.90. The number of benzene rings is 1. The van der Waals surface area contributed by atoms with E-state index in [-0.39, 0.29) is 0 Å². The van der Waals surface area contributed by atoms with Crippen molar-refractivity contribution in [2.24, 2.45) is 11.8 Å². The van der Waals surface area contributed by atoms with Crippen LogP contribution in [0.1, 0.15) is 54.1 Å². The molecule has 1 aliphatic heterocycles. The van der Waals surface area contributed by atoms with Crippen molar-refractivity contribution in [2.75, 3.05) is 13.1 Å². The van der Waals surface area contributed by atoms with Crippen molar-refractivity contribution in [3.05, 3.63) is 34.9 Å². The Kier molecular flexibility index (Phi) is 4.29. The summed E-state index contributed by atoms with van der Waals surface area (Å²) in [5, 5.41) is 9.28. The summed E-state index contributed by atoms with van der Waals surface area (Å²) in [4.78, 5) is 13.8. The van der Waals surface area contributed by atoms with Crippen LogP contribution in [-0.2, 0) is 13.0 Å². The maximum Gasteiger partial charge on any atom is 0.335 e. The van der Waals surface area contributed by atoms with Crippen molar-refractivity contribution in [1.29, 1.82) is 0 Å². The number of carbonyl (C=O) groups is 1. The lowest BCUT2D eigenvalue weighted by Crippen LogP contribution is -2.36. The minimum Gasteiger partial charge on any atom is -0.478 e. The average Bonchev–Trinajstić information content (AvgIpc) is 2.48. The number of hydrogen-bond acceptors (Lipinski definition) is 2. The molecule has 0 atom stereocenters.